The fourth-order valence-electron chi connectivity index (χ4n) is 1.38. The van der Waals surface area contributed by atoms with E-state index in [1.54, 1.807) is 0 Å². The Morgan fingerprint density at radius 3 is 2.50 bits per heavy atom. The maximum absolute atomic E-state index is 5.60. The van der Waals surface area contributed by atoms with Gasteiger partial charge in [0.25, 0.3) is 0 Å². The minimum atomic E-state index is 0.229. The molecule has 0 aromatic heterocycles. The normalized spacial score (nSPS) is 10.8. The standard InChI is InChI=1S/C13H20ClNO/c1-11(2)16-13-6-4-12(5-7-13)10-15-9-3-8-14/h4-7,11,15H,3,8-10H2,1-2H3. The maximum Gasteiger partial charge on any atom is 0.119 e. The van der Waals surface area contributed by atoms with Crippen molar-refractivity contribution in [1.29, 1.82) is 0 Å². The van der Waals surface area contributed by atoms with Crippen molar-refractivity contribution in [3.8, 4) is 5.75 Å². The zero-order chi connectivity index (χ0) is 11.8. The van der Waals surface area contributed by atoms with Crippen molar-refractivity contribution in [3.63, 3.8) is 0 Å². The van der Waals surface area contributed by atoms with E-state index in [0.29, 0.717) is 5.88 Å². The van der Waals surface area contributed by atoms with Crippen LogP contribution in [0.25, 0.3) is 0 Å². The van der Waals surface area contributed by atoms with Crippen LogP contribution in [0.15, 0.2) is 24.3 Å². The Labute approximate surface area is 103 Å². The smallest absolute Gasteiger partial charge is 0.119 e. The number of nitrogens with one attached hydrogen (secondary N) is 1. The first kappa shape index (κ1) is 13.3. The van der Waals surface area contributed by atoms with Crippen LogP contribution in [0.5, 0.6) is 5.75 Å². The number of benzene rings is 1. The molecule has 1 aromatic carbocycles. The van der Waals surface area contributed by atoms with Crippen LogP contribution in [0.2, 0.25) is 0 Å². The third-order valence-corrected chi connectivity index (χ3v) is 2.38. The molecule has 0 bridgehead atoms. The fourth-order valence-corrected chi connectivity index (χ4v) is 1.52. The molecular formula is C13H20ClNO. The largest absolute Gasteiger partial charge is 0.491 e. The lowest BCUT2D eigenvalue weighted by Crippen LogP contribution is -2.15. The Morgan fingerprint density at radius 2 is 1.94 bits per heavy atom. The second kappa shape index (κ2) is 7.53. The van der Waals surface area contributed by atoms with Crippen molar-refractivity contribution < 1.29 is 4.74 Å². The summed E-state index contributed by atoms with van der Waals surface area (Å²) in [6, 6.07) is 8.20. The number of hydrogen-bond acceptors (Lipinski definition) is 2. The summed E-state index contributed by atoms with van der Waals surface area (Å²) in [5.41, 5.74) is 1.27. The molecule has 0 spiro atoms. The minimum absolute atomic E-state index is 0.229. The molecule has 2 nitrogen and oxygen atoms in total. The predicted octanol–water partition coefficient (Wildman–Crippen LogP) is 3.19. The number of rotatable bonds is 7. The molecule has 3 heteroatoms. The van der Waals surface area contributed by atoms with Crippen molar-refractivity contribution >= 4 is 11.6 Å². The van der Waals surface area contributed by atoms with Crippen LogP contribution in [0.1, 0.15) is 25.8 Å². The Hall–Kier alpha value is -0.730. The highest BCUT2D eigenvalue weighted by Crippen LogP contribution is 2.13. The summed E-state index contributed by atoms with van der Waals surface area (Å²) in [4.78, 5) is 0. The molecule has 1 rings (SSSR count). The topological polar surface area (TPSA) is 21.3 Å². The molecule has 0 unspecified atom stereocenters. The molecule has 1 aromatic rings. The second-order valence-corrected chi connectivity index (χ2v) is 4.41. The van der Waals surface area contributed by atoms with E-state index in [0.717, 1.165) is 25.3 Å². The number of ether oxygens (including phenoxy) is 1. The molecule has 0 aliphatic carbocycles. The van der Waals surface area contributed by atoms with Gasteiger partial charge in [0.05, 0.1) is 6.10 Å². The van der Waals surface area contributed by atoms with Gasteiger partial charge in [-0.2, -0.15) is 0 Å². The Kier molecular flexibility index (Phi) is 6.27. The first-order chi connectivity index (χ1) is 7.72. The van der Waals surface area contributed by atoms with E-state index < -0.39 is 0 Å². The van der Waals surface area contributed by atoms with E-state index in [1.165, 1.54) is 5.56 Å². The molecule has 0 saturated carbocycles. The molecule has 16 heavy (non-hydrogen) atoms. The molecule has 1 N–H and O–H groups in total. The Bertz CT molecular complexity index is 284. The molecule has 0 heterocycles. The molecule has 0 atom stereocenters. The minimum Gasteiger partial charge on any atom is -0.491 e. The van der Waals surface area contributed by atoms with Crippen LogP contribution < -0.4 is 10.1 Å². The Balaban J connectivity index is 2.33. The number of halogens is 1. The zero-order valence-electron chi connectivity index (χ0n) is 10.0. The van der Waals surface area contributed by atoms with E-state index in [1.807, 2.05) is 26.0 Å². The van der Waals surface area contributed by atoms with Crippen LogP contribution in [0.4, 0.5) is 0 Å². The molecule has 0 radical (unpaired) electrons. The molecule has 0 saturated heterocycles. The van der Waals surface area contributed by atoms with Crippen molar-refractivity contribution in [3.05, 3.63) is 29.8 Å². The van der Waals surface area contributed by atoms with E-state index in [-0.39, 0.29) is 6.10 Å². The lowest BCUT2D eigenvalue weighted by Gasteiger charge is -2.10. The third-order valence-electron chi connectivity index (χ3n) is 2.11. The second-order valence-electron chi connectivity index (χ2n) is 4.03. The molecule has 0 aliphatic heterocycles. The maximum atomic E-state index is 5.60. The molecule has 0 aliphatic rings. The van der Waals surface area contributed by atoms with E-state index in [4.69, 9.17) is 16.3 Å². The first-order valence-corrected chi connectivity index (χ1v) is 6.28. The number of alkyl halides is 1. The van der Waals surface area contributed by atoms with Gasteiger partial charge in [0.1, 0.15) is 5.75 Å². The van der Waals surface area contributed by atoms with E-state index >= 15 is 0 Å². The van der Waals surface area contributed by atoms with Crippen LogP contribution in [-0.4, -0.2) is 18.5 Å². The molecule has 0 fully saturated rings. The van der Waals surface area contributed by atoms with E-state index in [9.17, 15) is 0 Å². The highest BCUT2D eigenvalue weighted by molar-refractivity contribution is 6.17. The highest BCUT2D eigenvalue weighted by Gasteiger charge is 1.97. The van der Waals surface area contributed by atoms with Crippen LogP contribution in [0, 0.1) is 0 Å². The van der Waals surface area contributed by atoms with Gasteiger partial charge in [-0.1, -0.05) is 12.1 Å². The Morgan fingerprint density at radius 1 is 1.25 bits per heavy atom. The van der Waals surface area contributed by atoms with Gasteiger partial charge in [-0.05, 0) is 44.5 Å². The fraction of sp³-hybridized carbons (Fsp3) is 0.538. The van der Waals surface area contributed by atoms with Gasteiger partial charge < -0.3 is 10.1 Å². The van der Waals surface area contributed by atoms with Crippen LogP contribution in [-0.2, 0) is 6.54 Å². The average molecular weight is 242 g/mol. The van der Waals surface area contributed by atoms with Crippen LogP contribution in [0.3, 0.4) is 0 Å². The SMILES string of the molecule is CC(C)Oc1ccc(CNCCCCl)cc1. The van der Waals surface area contributed by atoms with Gasteiger partial charge in [-0.25, -0.2) is 0 Å². The summed E-state index contributed by atoms with van der Waals surface area (Å²) in [6.45, 7) is 5.91. The zero-order valence-corrected chi connectivity index (χ0v) is 10.8. The van der Waals surface area contributed by atoms with Crippen molar-refractivity contribution in [1.82, 2.24) is 5.32 Å². The summed E-state index contributed by atoms with van der Waals surface area (Å²) in [5, 5.41) is 3.34. The van der Waals surface area contributed by atoms with Gasteiger partial charge in [0.15, 0.2) is 0 Å². The monoisotopic (exact) mass is 241 g/mol. The third kappa shape index (κ3) is 5.38. The summed E-state index contributed by atoms with van der Waals surface area (Å²) in [6.07, 6.45) is 1.24. The van der Waals surface area contributed by atoms with Crippen molar-refractivity contribution in [2.24, 2.45) is 0 Å². The summed E-state index contributed by atoms with van der Waals surface area (Å²) in [5.74, 6) is 1.65. The molecular weight excluding hydrogens is 222 g/mol. The van der Waals surface area contributed by atoms with Crippen LogP contribution >= 0.6 is 11.6 Å². The quantitative estimate of drug-likeness (QED) is 0.585. The van der Waals surface area contributed by atoms with E-state index in [2.05, 4.69) is 17.4 Å². The number of hydrogen-bond donors (Lipinski definition) is 1. The average Bonchev–Trinajstić information content (AvgIpc) is 2.26. The summed E-state index contributed by atoms with van der Waals surface area (Å²) >= 11 is 5.60. The van der Waals surface area contributed by atoms with Gasteiger partial charge in [0.2, 0.25) is 0 Å². The predicted molar refractivity (Wildman–Crippen MR) is 69.2 cm³/mol. The van der Waals surface area contributed by atoms with Gasteiger partial charge in [-0.15, -0.1) is 11.6 Å². The molecule has 0 amide bonds. The summed E-state index contributed by atoms with van der Waals surface area (Å²) < 4.78 is 5.57. The lowest BCUT2D eigenvalue weighted by atomic mass is 10.2. The van der Waals surface area contributed by atoms with Gasteiger partial charge in [-0.3, -0.25) is 0 Å². The summed E-state index contributed by atoms with van der Waals surface area (Å²) in [7, 11) is 0. The van der Waals surface area contributed by atoms with Crippen molar-refractivity contribution in [2.75, 3.05) is 12.4 Å². The lowest BCUT2D eigenvalue weighted by molar-refractivity contribution is 0.242. The highest BCUT2D eigenvalue weighted by atomic mass is 35.5. The van der Waals surface area contributed by atoms with Gasteiger partial charge in [0, 0.05) is 12.4 Å². The van der Waals surface area contributed by atoms with Gasteiger partial charge >= 0.3 is 0 Å². The first-order valence-electron chi connectivity index (χ1n) is 5.74. The van der Waals surface area contributed by atoms with Crippen molar-refractivity contribution in [2.45, 2.75) is 32.9 Å². The molecule has 90 valence electrons.